The number of para-hydroxylation sites is 1. The molecule has 0 saturated carbocycles. The number of carbonyl (C=O) groups excluding carboxylic acids is 1. The third-order valence-corrected chi connectivity index (χ3v) is 9.26. The highest BCUT2D eigenvalue weighted by atomic mass is 32.2. The Kier molecular flexibility index (Phi) is 6.86. The molecule has 1 N–H and O–H groups in total. The molecule has 10 heteroatoms. The van der Waals surface area contributed by atoms with E-state index < -0.39 is 10.0 Å². The first kappa shape index (κ1) is 24.9. The molecule has 2 atom stereocenters. The fourth-order valence-electron chi connectivity index (χ4n) is 4.75. The molecule has 2 fully saturated rings. The fourth-order valence-corrected chi connectivity index (χ4v) is 7.51. The van der Waals surface area contributed by atoms with Gasteiger partial charge in [-0.15, -0.1) is 0 Å². The van der Waals surface area contributed by atoms with Crippen LogP contribution in [0.25, 0.3) is 23.0 Å². The lowest BCUT2D eigenvalue weighted by Gasteiger charge is -2.34. The number of sulfonamides is 1. The summed E-state index contributed by atoms with van der Waals surface area (Å²) in [6.45, 7) is 5.22. The Morgan fingerprint density at radius 1 is 1.08 bits per heavy atom. The van der Waals surface area contributed by atoms with Gasteiger partial charge in [-0.3, -0.25) is 4.79 Å². The van der Waals surface area contributed by atoms with Crippen molar-refractivity contribution < 1.29 is 13.2 Å². The van der Waals surface area contributed by atoms with E-state index >= 15 is 0 Å². The molecule has 2 aromatic carbocycles. The Morgan fingerprint density at radius 2 is 1.81 bits per heavy atom. The maximum atomic E-state index is 13.5. The number of nitrogens with one attached hydrogen (secondary N) is 1. The number of carbonyl (C=O) groups is 1. The monoisotopic (exact) mass is 538 g/mol. The van der Waals surface area contributed by atoms with Crippen LogP contribution in [0.5, 0.6) is 0 Å². The number of nitrogens with zero attached hydrogens (tertiary/aromatic N) is 3. The highest BCUT2D eigenvalue weighted by Gasteiger charge is 2.32. The van der Waals surface area contributed by atoms with Crippen molar-refractivity contribution in [3.8, 4) is 16.9 Å². The van der Waals surface area contributed by atoms with Crippen molar-refractivity contribution in [2.24, 2.45) is 11.8 Å². The highest BCUT2D eigenvalue weighted by molar-refractivity contribution is 8.26. The molecule has 1 amide bonds. The van der Waals surface area contributed by atoms with Gasteiger partial charge in [0, 0.05) is 30.4 Å². The maximum Gasteiger partial charge on any atom is 0.263 e. The zero-order valence-electron chi connectivity index (χ0n) is 19.9. The maximum absolute atomic E-state index is 13.5. The summed E-state index contributed by atoms with van der Waals surface area (Å²) in [4.78, 5) is 13.0. The van der Waals surface area contributed by atoms with Crippen LogP contribution in [0.15, 0.2) is 70.6 Å². The van der Waals surface area contributed by atoms with Gasteiger partial charge in [-0.1, -0.05) is 68.2 Å². The van der Waals surface area contributed by atoms with Crippen LogP contribution in [0.1, 0.15) is 25.8 Å². The average molecular weight is 539 g/mol. The first-order valence-electron chi connectivity index (χ1n) is 11.7. The van der Waals surface area contributed by atoms with E-state index in [2.05, 4.69) is 19.2 Å². The number of benzene rings is 2. The number of aromatic nitrogens is 2. The first-order valence-corrected chi connectivity index (χ1v) is 14.4. The first-order chi connectivity index (χ1) is 17.2. The van der Waals surface area contributed by atoms with Crippen LogP contribution in [0.2, 0.25) is 0 Å². The van der Waals surface area contributed by atoms with Crippen LogP contribution in [0.4, 0.5) is 0 Å². The van der Waals surface area contributed by atoms with Crippen LogP contribution in [-0.4, -0.2) is 45.8 Å². The number of hydrogen-bond donors (Lipinski definition) is 1. The molecule has 2 saturated heterocycles. The van der Waals surface area contributed by atoms with Gasteiger partial charge in [-0.2, -0.15) is 9.40 Å². The largest absolute Gasteiger partial charge is 0.307 e. The van der Waals surface area contributed by atoms with Crippen molar-refractivity contribution in [2.45, 2.75) is 25.2 Å². The number of thiocarbonyl (C=S) groups is 1. The second kappa shape index (κ2) is 9.93. The van der Waals surface area contributed by atoms with Crippen LogP contribution in [-0.2, 0) is 14.8 Å². The summed E-state index contributed by atoms with van der Waals surface area (Å²) in [7, 11) is -3.66. The highest BCUT2D eigenvalue weighted by Crippen LogP contribution is 2.33. The molecule has 186 valence electrons. The van der Waals surface area contributed by atoms with Crippen LogP contribution < -0.4 is 5.32 Å². The molecule has 0 bridgehead atoms. The molecule has 36 heavy (non-hydrogen) atoms. The van der Waals surface area contributed by atoms with Crippen LogP contribution >= 0.6 is 24.0 Å². The molecule has 0 radical (unpaired) electrons. The molecule has 2 unspecified atom stereocenters. The van der Waals surface area contributed by atoms with E-state index in [1.807, 2.05) is 42.6 Å². The van der Waals surface area contributed by atoms with E-state index in [9.17, 15) is 13.2 Å². The van der Waals surface area contributed by atoms with E-state index in [0.717, 1.165) is 12.1 Å². The quantitative estimate of drug-likeness (QED) is 0.375. The predicted molar refractivity (Wildman–Crippen MR) is 147 cm³/mol. The summed E-state index contributed by atoms with van der Waals surface area (Å²) < 4.78 is 30.8. The summed E-state index contributed by atoms with van der Waals surface area (Å²) in [6.07, 6.45) is 4.61. The summed E-state index contributed by atoms with van der Waals surface area (Å²) in [6, 6.07) is 16.5. The number of thioether (sulfide) groups is 1. The minimum absolute atomic E-state index is 0.239. The van der Waals surface area contributed by atoms with Crippen LogP contribution in [0.3, 0.4) is 0 Å². The van der Waals surface area contributed by atoms with Gasteiger partial charge in [0.05, 0.1) is 15.5 Å². The summed E-state index contributed by atoms with van der Waals surface area (Å²) in [5.41, 5.74) is 2.77. The van der Waals surface area contributed by atoms with Gasteiger partial charge in [-0.25, -0.2) is 13.1 Å². The van der Waals surface area contributed by atoms with E-state index in [4.69, 9.17) is 17.3 Å². The van der Waals surface area contributed by atoms with Crippen molar-refractivity contribution in [3.63, 3.8) is 0 Å². The average Bonchev–Trinajstić information content (AvgIpc) is 3.41. The Balaban J connectivity index is 1.58. The summed E-state index contributed by atoms with van der Waals surface area (Å²) in [5, 5.41) is 7.42. The van der Waals surface area contributed by atoms with Gasteiger partial charge in [0.2, 0.25) is 10.0 Å². The molecule has 3 heterocycles. The van der Waals surface area contributed by atoms with Gasteiger partial charge in [0.25, 0.3) is 5.91 Å². The minimum Gasteiger partial charge on any atom is -0.307 e. The molecule has 3 aromatic rings. The lowest BCUT2D eigenvalue weighted by atomic mass is 9.94. The Morgan fingerprint density at radius 3 is 2.47 bits per heavy atom. The van der Waals surface area contributed by atoms with Gasteiger partial charge >= 0.3 is 0 Å². The molecule has 0 aliphatic carbocycles. The van der Waals surface area contributed by atoms with Crippen molar-refractivity contribution in [2.75, 3.05) is 13.1 Å². The third-order valence-electron chi connectivity index (χ3n) is 6.27. The molecule has 2 aliphatic rings. The fraction of sp³-hybridized carbons (Fsp3) is 0.269. The SMILES string of the molecule is CC1CC(C)CN(S(=O)(=O)c2cccc(-c3nn(-c4ccccc4)cc3C=C3SC(=S)NC3=O)c2)C1. The topological polar surface area (TPSA) is 84.3 Å². The Labute approximate surface area is 220 Å². The predicted octanol–water partition coefficient (Wildman–Crippen LogP) is 4.69. The van der Waals surface area contributed by atoms with Gasteiger partial charge < -0.3 is 5.32 Å². The van der Waals surface area contributed by atoms with E-state index in [1.54, 1.807) is 33.3 Å². The van der Waals surface area contributed by atoms with E-state index in [1.165, 1.54) is 11.8 Å². The number of rotatable bonds is 5. The second-order valence-corrected chi connectivity index (χ2v) is 13.0. The summed E-state index contributed by atoms with van der Waals surface area (Å²) >= 11 is 6.33. The lowest BCUT2D eigenvalue weighted by Crippen LogP contribution is -2.42. The van der Waals surface area contributed by atoms with Gasteiger partial charge in [0.1, 0.15) is 10.0 Å². The Bertz CT molecular complexity index is 1450. The molecular weight excluding hydrogens is 513 g/mol. The zero-order valence-corrected chi connectivity index (χ0v) is 22.4. The molecule has 1 aromatic heterocycles. The van der Waals surface area contributed by atoms with Crippen molar-refractivity contribution in [1.29, 1.82) is 0 Å². The van der Waals surface area contributed by atoms with E-state index in [0.29, 0.717) is 51.0 Å². The number of amides is 1. The third kappa shape index (κ3) is 5.04. The normalized spacial score (nSPS) is 22.2. The second-order valence-electron chi connectivity index (χ2n) is 9.36. The molecule has 2 aliphatic heterocycles. The van der Waals surface area contributed by atoms with Crippen LogP contribution in [0, 0.1) is 11.8 Å². The number of piperidine rings is 1. The zero-order chi connectivity index (χ0) is 25.4. The van der Waals surface area contributed by atoms with Crippen molar-refractivity contribution in [1.82, 2.24) is 19.4 Å². The number of hydrogen-bond acceptors (Lipinski definition) is 6. The van der Waals surface area contributed by atoms with Gasteiger partial charge in [-0.05, 0) is 48.6 Å². The summed E-state index contributed by atoms with van der Waals surface area (Å²) in [5.74, 6) is 0.369. The molecule has 7 nitrogen and oxygen atoms in total. The standard InChI is InChI=1S/C26H26N4O3S3/c1-17-11-18(2)15-29(14-17)36(32,33)22-10-6-7-19(12-22)24-20(13-23-25(31)27-26(34)35-23)16-30(28-24)21-8-4-3-5-9-21/h3-10,12-13,16-18H,11,14-15H2,1-2H3,(H,27,31,34). The van der Waals surface area contributed by atoms with E-state index in [-0.39, 0.29) is 10.8 Å². The smallest absolute Gasteiger partial charge is 0.263 e. The lowest BCUT2D eigenvalue weighted by molar-refractivity contribution is -0.115. The molecular formula is C26H26N4O3S3. The minimum atomic E-state index is -3.66. The van der Waals surface area contributed by atoms with Gasteiger partial charge in [0.15, 0.2) is 0 Å². The molecule has 5 rings (SSSR count). The Hall–Kier alpha value is -2.79. The molecule has 0 spiro atoms. The van der Waals surface area contributed by atoms with Crippen molar-refractivity contribution >= 4 is 50.3 Å². The van der Waals surface area contributed by atoms with Crippen molar-refractivity contribution in [3.05, 3.63) is 71.3 Å².